The highest BCUT2D eigenvalue weighted by atomic mass is 16.1. The summed E-state index contributed by atoms with van der Waals surface area (Å²) < 4.78 is 0. The number of Topliss-reactive ketones (excluding diaryl/α,β-unsaturated/α-hetero) is 1. The van der Waals surface area contributed by atoms with E-state index in [-0.39, 0.29) is 5.78 Å². The summed E-state index contributed by atoms with van der Waals surface area (Å²) in [5.41, 5.74) is 1.95. The lowest BCUT2D eigenvalue weighted by Crippen LogP contribution is -2.35. The van der Waals surface area contributed by atoms with E-state index in [2.05, 4.69) is 30.1 Å². The minimum Gasteiger partial charge on any atom is -0.370 e. The van der Waals surface area contributed by atoms with Gasteiger partial charge in [-0.2, -0.15) is 0 Å². The van der Waals surface area contributed by atoms with E-state index in [0.717, 1.165) is 30.9 Å². The Morgan fingerprint density at radius 3 is 2.83 bits per heavy atom. The predicted molar refractivity (Wildman–Crippen MR) is 75.3 cm³/mol. The average Bonchev–Trinajstić information content (AvgIpc) is 2.51. The SMILES string of the molecule is CC(=O)c1cccc(N2CC(C)CNC(C)C2)c1. The molecule has 1 aliphatic rings. The number of nitrogens with zero attached hydrogens (tertiary/aromatic N) is 1. The van der Waals surface area contributed by atoms with Crippen LogP contribution in [0.2, 0.25) is 0 Å². The second-order valence-electron chi connectivity index (χ2n) is 5.43. The molecule has 0 amide bonds. The van der Waals surface area contributed by atoms with Crippen LogP contribution in [0.25, 0.3) is 0 Å². The van der Waals surface area contributed by atoms with Gasteiger partial charge in [-0.15, -0.1) is 0 Å². The van der Waals surface area contributed by atoms with E-state index < -0.39 is 0 Å². The minimum absolute atomic E-state index is 0.130. The monoisotopic (exact) mass is 246 g/mol. The maximum absolute atomic E-state index is 11.4. The Morgan fingerprint density at radius 2 is 2.11 bits per heavy atom. The fourth-order valence-corrected chi connectivity index (χ4v) is 2.45. The van der Waals surface area contributed by atoms with E-state index >= 15 is 0 Å². The Morgan fingerprint density at radius 1 is 1.33 bits per heavy atom. The third-order valence-corrected chi connectivity index (χ3v) is 3.46. The van der Waals surface area contributed by atoms with Crippen molar-refractivity contribution in [3.05, 3.63) is 29.8 Å². The standard InChI is InChI=1S/C15H22N2O/c1-11-8-16-12(2)10-17(9-11)15-6-4-5-14(7-15)13(3)18/h4-7,11-12,16H,8-10H2,1-3H3. The summed E-state index contributed by atoms with van der Waals surface area (Å²) in [5, 5.41) is 3.52. The topological polar surface area (TPSA) is 32.3 Å². The summed E-state index contributed by atoms with van der Waals surface area (Å²) in [4.78, 5) is 13.8. The van der Waals surface area contributed by atoms with Gasteiger partial charge in [0.05, 0.1) is 0 Å². The first-order chi connectivity index (χ1) is 8.56. The maximum atomic E-state index is 11.4. The molecule has 2 atom stereocenters. The number of hydrogen-bond acceptors (Lipinski definition) is 3. The number of carbonyl (C=O) groups excluding carboxylic acids is 1. The number of rotatable bonds is 2. The second-order valence-corrected chi connectivity index (χ2v) is 5.43. The van der Waals surface area contributed by atoms with Gasteiger partial charge in [-0.3, -0.25) is 4.79 Å². The first kappa shape index (κ1) is 13.1. The van der Waals surface area contributed by atoms with Crippen LogP contribution in [0, 0.1) is 5.92 Å². The van der Waals surface area contributed by atoms with Gasteiger partial charge in [-0.25, -0.2) is 0 Å². The normalized spacial score (nSPS) is 24.7. The van der Waals surface area contributed by atoms with Gasteiger partial charge in [-0.05, 0) is 38.4 Å². The summed E-state index contributed by atoms with van der Waals surface area (Å²) in [6, 6.07) is 8.44. The van der Waals surface area contributed by atoms with Crippen LogP contribution in [0.5, 0.6) is 0 Å². The van der Waals surface area contributed by atoms with Crippen molar-refractivity contribution in [3.63, 3.8) is 0 Å². The molecule has 1 heterocycles. The second kappa shape index (κ2) is 5.53. The molecule has 1 aliphatic heterocycles. The minimum atomic E-state index is 0.130. The Hall–Kier alpha value is -1.35. The molecule has 3 heteroatoms. The third kappa shape index (κ3) is 3.10. The highest BCUT2D eigenvalue weighted by molar-refractivity contribution is 5.94. The molecular formula is C15H22N2O. The quantitative estimate of drug-likeness (QED) is 0.813. The van der Waals surface area contributed by atoms with Gasteiger partial charge in [0.2, 0.25) is 0 Å². The van der Waals surface area contributed by atoms with Crippen LogP contribution < -0.4 is 10.2 Å². The summed E-state index contributed by atoms with van der Waals surface area (Å²) in [5.74, 6) is 0.752. The lowest BCUT2D eigenvalue weighted by Gasteiger charge is -2.26. The lowest BCUT2D eigenvalue weighted by atomic mass is 10.1. The molecule has 18 heavy (non-hydrogen) atoms. The molecule has 1 saturated heterocycles. The number of nitrogens with one attached hydrogen (secondary N) is 1. The van der Waals surface area contributed by atoms with Crippen LogP contribution >= 0.6 is 0 Å². The van der Waals surface area contributed by atoms with Crippen molar-refractivity contribution in [1.82, 2.24) is 5.32 Å². The summed E-state index contributed by atoms with van der Waals surface area (Å²) >= 11 is 0. The van der Waals surface area contributed by atoms with E-state index in [9.17, 15) is 4.79 Å². The van der Waals surface area contributed by atoms with Gasteiger partial charge in [0.1, 0.15) is 0 Å². The van der Waals surface area contributed by atoms with E-state index in [1.54, 1.807) is 6.92 Å². The zero-order chi connectivity index (χ0) is 13.1. The average molecular weight is 246 g/mol. The molecule has 1 N–H and O–H groups in total. The fourth-order valence-electron chi connectivity index (χ4n) is 2.45. The number of anilines is 1. The molecule has 0 radical (unpaired) electrons. The molecule has 2 rings (SSSR count). The molecule has 2 unspecified atom stereocenters. The van der Waals surface area contributed by atoms with Crippen LogP contribution in [0.3, 0.4) is 0 Å². The number of ketones is 1. The maximum Gasteiger partial charge on any atom is 0.159 e. The predicted octanol–water partition coefficient (Wildman–Crippen LogP) is 2.32. The van der Waals surface area contributed by atoms with Crippen LogP contribution in [-0.2, 0) is 0 Å². The zero-order valence-corrected chi connectivity index (χ0v) is 11.4. The van der Waals surface area contributed by atoms with Crippen molar-refractivity contribution in [2.45, 2.75) is 26.8 Å². The molecule has 3 nitrogen and oxygen atoms in total. The van der Waals surface area contributed by atoms with E-state index in [1.165, 1.54) is 0 Å². The van der Waals surface area contributed by atoms with Gasteiger partial charge in [-0.1, -0.05) is 19.1 Å². The molecule has 0 saturated carbocycles. The molecule has 0 bridgehead atoms. The third-order valence-electron chi connectivity index (χ3n) is 3.46. The Labute approximate surface area is 109 Å². The summed E-state index contributed by atoms with van der Waals surface area (Å²) in [7, 11) is 0. The van der Waals surface area contributed by atoms with Gasteiger partial charge < -0.3 is 10.2 Å². The Balaban J connectivity index is 2.23. The van der Waals surface area contributed by atoms with E-state index in [1.807, 2.05) is 18.2 Å². The summed E-state index contributed by atoms with van der Waals surface area (Å²) in [6.07, 6.45) is 0. The first-order valence-electron chi connectivity index (χ1n) is 6.65. The van der Waals surface area contributed by atoms with E-state index in [0.29, 0.717) is 12.0 Å². The van der Waals surface area contributed by atoms with Crippen molar-refractivity contribution < 1.29 is 4.79 Å². The van der Waals surface area contributed by atoms with Crippen molar-refractivity contribution in [2.24, 2.45) is 5.92 Å². The van der Waals surface area contributed by atoms with Gasteiger partial charge in [0.25, 0.3) is 0 Å². The highest BCUT2D eigenvalue weighted by Gasteiger charge is 2.19. The highest BCUT2D eigenvalue weighted by Crippen LogP contribution is 2.20. The first-order valence-corrected chi connectivity index (χ1v) is 6.65. The Kier molecular flexibility index (Phi) is 4.02. The number of benzene rings is 1. The van der Waals surface area contributed by atoms with E-state index in [4.69, 9.17) is 0 Å². The fraction of sp³-hybridized carbons (Fsp3) is 0.533. The smallest absolute Gasteiger partial charge is 0.159 e. The summed E-state index contributed by atoms with van der Waals surface area (Å²) in [6.45, 7) is 9.18. The molecular weight excluding hydrogens is 224 g/mol. The molecule has 1 aromatic rings. The van der Waals surface area contributed by atoms with Gasteiger partial charge >= 0.3 is 0 Å². The molecule has 0 aliphatic carbocycles. The van der Waals surface area contributed by atoms with Crippen LogP contribution in [0.15, 0.2) is 24.3 Å². The molecule has 1 fully saturated rings. The van der Waals surface area contributed by atoms with Crippen LogP contribution in [0.4, 0.5) is 5.69 Å². The van der Waals surface area contributed by atoms with Gasteiger partial charge in [0, 0.05) is 30.4 Å². The number of carbonyl (C=O) groups is 1. The van der Waals surface area contributed by atoms with Crippen molar-refractivity contribution in [1.29, 1.82) is 0 Å². The van der Waals surface area contributed by atoms with Crippen LogP contribution in [-0.4, -0.2) is 31.5 Å². The van der Waals surface area contributed by atoms with Crippen molar-refractivity contribution in [3.8, 4) is 0 Å². The molecule has 98 valence electrons. The Bertz CT molecular complexity index is 418. The van der Waals surface area contributed by atoms with Crippen molar-refractivity contribution >= 4 is 11.5 Å². The molecule has 0 spiro atoms. The molecule has 0 aromatic heterocycles. The zero-order valence-electron chi connectivity index (χ0n) is 11.4. The van der Waals surface area contributed by atoms with Crippen molar-refractivity contribution in [2.75, 3.05) is 24.5 Å². The number of hydrogen-bond donors (Lipinski definition) is 1. The largest absolute Gasteiger partial charge is 0.370 e. The van der Waals surface area contributed by atoms with Crippen LogP contribution in [0.1, 0.15) is 31.1 Å². The molecule has 1 aromatic carbocycles. The van der Waals surface area contributed by atoms with Gasteiger partial charge in [0.15, 0.2) is 5.78 Å². The lowest BCUT2D eigenvalue weighted by molar-refractivity contribution is 0.101.